The summed E-state index contributed by atoms with van der Waals surface area (Å²) in [7, 11) is 0. The molecule has 0 unspecified atom stereocenters. The summed E-state index contributed by atoms with van der Waals surface area (Å²) >= 11 is 0. The van der Waals surface area contributed by atoms with Gasteiger partial charge in [-0.15, -0.1) is 0 Å². The summed E-state index contributed by atoms with van der Waals surface area (Å²) in [6.45, 7) is 0.694. The van der Waals surface area contributed by atoms with Gasteiger partial charge in [0.05, 0.1) is 12.7 Å². The molecule has 19 heavy (non-hydrogen) atoms. The molecule has 3 heteroatoms. The van der Waals surface area contributed by atoms with E-state index in [0.29, 0.717) is 6.54 Å². The van der Waals surface area contributed by atoms with Crippen LogP contribution in [0.1, 0.15) is 5.56 Å². The molecule has 0 saturated heterocycles. The first-order valence-electron chi connectivity index (χ1n) is 6.24. The third-order valence-electron chi connectivity index (χ3n) is 3.13. The van der Waals surface area contributed by atoms with E-state index in [4.69, 9.17) is 5.73 Å². The van der Waals surface area contributed by atoms with Gasteiger partial charge < -0.3 is 5.73 Å². The summed E-state index contributed by atoms with van der Waals surface area (Å²) in [5.41, 5.74) is 10.1. The molecule has 0 atom stereocenters. The Kier molecular flexibility index (Phi) is 3.02. The van der Waals surface area contributed by atoms with Gasteiger partial charge in [0.1, 0.15) is 0 Å². The van der Waals surface area contributed by atoms with Gasteiger partial charge in [0.25, 0.3) is 0 Å². The highest BCUT2D eigenvalue weighted by molar-refractivity contribution is 5.61. The highest BCUT2D eigenvalue weighted by atomic mass is 15.3. The van der Waals surface area contributed by atoms with E-state index >= 15 is 0 Å². The van der Waals surface area contributed by atoms with E-state index in [9.17, 15) is 0 Å². The third kappa shape index (κ3) is 2.50. The fourth-order valence-electron chi connectivity index (χ4n) is 2.08. The van der Waals surface area contributed by atoms with Crippen molar-refractivity contribution in [3.05, 3.63) is 72.6 Å². The lowest BCUT2D eigenvalue weighted by atomic mass is 10.1. The minimum absolute atomic E-state index is 0.694. The highest BCUT2D eigenvalue weighted by Gasteiger charge is 2.03. The van der Waals surface area contributed by atoms with Crippen LogP contribution in [-0.4, -0.2) is 9.78 Å². The minimum Gasteiger partial charge on any atom is -0.398 e. The number of nitrogens with zero attached hydrogens (tertiary/aromatic N) is 2. The summed E-state index contributed by atoms with van der Waals surface area (Å²) in [5.74, 6) is 0. The third-order valence-corrected chi connectivity index (χ3v) is 3.13. The molecule has 2 N–H and O–H groups in total. The molecule has 1 aromatic heterocycles. The van der Waals surface area contributed by atoms with Gasteiger partial charge in [-0.3, -0.25) is 4.68 Å². The Morgan fingerprint density at radius 2 is 1.63 bits per heavy atom. The van der Waals surface area contributed by atoms with Crippen molar-refractivity contribution in [2.45, 2.75) is 6.54 Å². The van der Waals surface area contributed by atoms with Gasteiger partial charge in [-0.2, -0.15) is 5.10 Å². The van der Waals surface area contributed by atoms with Gasteiger partial charge in [0.2, 0.25) is 0 Å². The SMILES string of the molecule is Nc1ccccc1Cn1cc(-c2ccccc2)cn1. The van der Waals surface area contributed by atoms with E-state index in [1.165, 1.54) is 5.56 Å². The predicted molar refractivity (Wildman–Crippen MR) is 77.6 cm³/mol. The number of aromatic nitrogens is 2. The zero-order valence-electron chi connectivity index (χ0n) is 10.5. The van der Waals surface area contributed by atoms with Gasteiger partial charge >= 0.3 is 0 Å². The number of hydrogen-bond donors (Lipinski definition) is 1. The van der Waals surface area contributed by atoms with Gasteiger partial charge in [-0.25, -0.2) is 0 Å². The van der Waals surface area contributed by atoms with Crippen LogP contribution in [0.25, 0.3) is 11.1 Å². The number of nitrogens with two attached hydrogens (primary N) is 1. The second-order valence-corrected chi connectivity index (χ2v) is 4.49. The van der Waals surface area contributed by atoms with E-state index in [1.54, 1.807) is 0 Å². The minimum atomic E-state index is 0.694. The van der Waals surface area contributed by atoms with Crippen molar-refractivity contribution in [1.29, 1.82) is 0 Å². The van der Waals surface area contributed by atoms with Gasteiger partial charge in [0.15, 0.2) is 0 Å². The highest BCUT2D eigenvalue weighted by Crippen LogP contribution is 2.19. The monoisotopic (exact) mass is 249 g/mol. The molecule has 3 rings (SSSR count). The van der Waals surface area contributed by atoms with E-state index in [0.717, 1.165) is 16.8 Å². The molecule has 0 radical (unpaired) electrons. The fraction of sp³-hybridized carbons (Fsp3) is 0.0625. The molecule has 0 spiro atoms. The largest absolute Gasteiger partial charge is 0.398 e. The Bertz CT molecular complexity index is 671. The van der Waals surface area contributed by atoms with Crippen molar-refractivity contribution in [3.8, 4) is 11.1 Å². The quantitative estimate of drug-likeness (QED) is 0.724. The summed E-state index contributed by atoms with van der Waals surface area (Å²) in [6, 6.07) is 18.1. The van der Waals surface area contributed by atoms with Gasteiger partial charge in [-0.1, -0.05) is 48.5 Å². The first kappa shape index (κ1) is 11.5. The van der Waals surface area contributed by atoms with Crippen LogP contribution in [0.5, 0.6) is 0 Å². The van der Waals surface area contributed by atoms with E-state index in [-0.39, 0.29) is 0 Å². The number of benzene rings is 2. The van der Waals surface area contributed by atoms with Crippen molar-refractivity contribution >= 4 is 5.69 Å². The predicted octanol–water partition coefficient (Wildman–Crippen LogP) is 3.18. The van der Waals surface area contributed by atoms with Crippen LogP contribution >= 0.6 is 0 Å². The normalized spacial score (nSPS) is 10.5. The number of para-hydroxylation sites is 1. The van der Waals surface area contributed by atoms with Crippen molar-refractivity contribution in [1.82, 2.24) is 9.78 Å². The van der Waals surface area contributed by atoms with E-state index < -0.39 is 0 Å². The Morgan fingerprint density at radius 3 is 2.42 bits per heavy atom. The van der Waals surface area contributed by atoms with Gasteiger partial charge in [-0.05, 0) is 17.2 Å². The van der Waals surface area contributed by atoms with Crippen molar-refractivity contribution in [2.75, 3.05) is 5.73 Å². The lowest BCUT2D eigenvalue weighted by Crippen LogP contribution is -2.02. The van der Waals surface area contributed by atoms with Crippen LogP contribution < -0.4 is 5.73 Å². The summed E-state index contributed by atoms with van der Waals surface area (Å²) in [6.07, 6.45) is 3.93. The Balaban J connectivity index is 1.85. The first-order valence-corrected chi connectivity index (χ1v) is 6.24. The second kappa shape index (κ2) is 4.98. The number of nitrogen functional groups attached to an aromatic ring is 1. The lowest BCUT2D eigenvalue weighted by Gasteiger charge is -2.04. The number of anilines is 1. The molecule has 0 amide bonds. The molecule has 0 aliphatic carbocycles. The van der Waals surface area contributed by atoms with Gasteiger partial charge in [0, 0.05) is 17.4 Å². The zero-order valence-corrected chi connectivity index (χ0v) is 10.5. The molecule has 94 valence electrons. The number of rotatable bonds is 3. The van der Waals surface area contributed by atoms with Crippen molar-refractivity contribution < 1.29 is 0 Å². The Hall–Kier alpha value is -2.55. The summed E-state index contributed by atoms with van der Waals surface area (Å²) in [5, 5.41) is 4.39. The van der Waals surface area contributed by atoms with E-state index in [2.05, 4.69) is 17.2 Å². The Morgan fingerprint density at radius 1 is 0.895 bits per heavy atom. The maximum absolute atomic E-state index is 5.95. The molecule has 2 aromatic carbocycles. The zero-order chi connectivity index (χ0) is 13.1. The standard InChI is InChI=1S/C16H15N3/c17-16-9-5-4-8-14(16)11-19-12-15(10-18-19)13-6-2-1-3-7-13/h1-10,12H,11,17H2. The van der Waals surface area contributed by atoms with Crippen LogP contribution in [0.3, 0.4) is 0 Å². The molecule has 3 aromatic rings. The topological polar surface area (TPSA) is 43.8 Å². The van der Waals surface area contributed by atoms with Crippen molar-refractivity contribution in [3.63, 3.8) is 0 Å². The summed E-state index contributed by atoms with van der Waals surface area (Å²) in [4.78, 5) is 0. The molecular weight excluding hydrogens is 234 g/mol. The fourth-order valence-corrected chi connectivity index (χ4v) is 2.08. The maximum Gasteiger partial charge on any atom is 0.0679 e. The molecule has 1 heterocycles. The summed E-state index contributed by atoms with van der Waals surface area (Å²) < 4.78 is 1.91. The second-order valence-electron chi connectivity index (χ2n) is 4.49. The van der Waals surface area contributed by atoms with Crippen LogP contribution in [0.4, 0.5) is 5.69 Å². The Labute approximate surface area is 112 Å². The van der Waals surface area contributed by atoms with Crippen molar-refractivity contribution in [2.24, 2.45) is 0 Å². The average molecular weight is 249 g/mol. The molecule has 0 aliphatic rings. The molecule has 0 fully saturated rings. The lowest BCUT2D eigenvalue weighted by molar-refractivity contribution is 0.688. The van der Waals surface area contributed by atoms with Crippen LogP contribution in [-0.2, 0) is 6.54 Å². The first-order chi connectivity index (χ1) is 9.33. The van der Waals surface area contributed by atoms with Crippen LogP contribution in [0, 0.1) is 0 Å². The smallest absolute Gasteiger partial charge is 0.0679 e. The molecular formula is C16H15N3. The van der Waals surface area contributed by atoms with E-state index in [1.807, 2.05) is 59.5 Å². The molecule has 0 saturated carbocycles. The molecule has 0 aliphatic heterocycles. The number of hydrogen-bond acceptors (Lipinski definition) is 2. The average Bonchev–Trinajstić information content (AvgIpc) is 2.91. The maximum atomic E-state index is 5.95. The molecule has 3 nitrogen and oxygen atoms in total. The molecule has 0 bridgehead atoms. The van der Waals surface area contributed by atoms with Crippen LogP contribution in [0.15, 0.2) is 67.0 Å². The van der Waals surface area contributed by atoms with Crippen LogP contribution in [0.2, 0.25) is 0 Å².